The van der Waals surface area contributed by atoms with Crippen molar-refractivity contribution in [3.05, 3.63) is 96.7 Å². The van der Waals surface area contributed by atoms with Gasteiger partial charge in [-0.3, -0.25) is 9.88 Å². The normalized spacial score (nSPS) is 21.2. The first kappa shape index (κ1) is 33.1. The Labute approximate surface area is 287 Å². The van der Waals surface area contributed by atoms with Crippen LogP contribution in [0.25, 0.3) is 22.3 Å². The Morgan fingerprint density at radius 2 is 1.68 bits per heavy atom. The monoisotopic (exact) mass is 679 g/mol. The van der Waals surface area contributed by atoms with Crippen molar-refractivity contribution in [3.8, 4) is 17.0 Å². The van der Waals surface area contributed by atoms with Crippen LogP contribution >= 0.6 is 0 Å². The molecule has 2 aliphatic rings. The highest BCUT2D eigenvalue weighted by molar-refractivity contribution is 5.95. The molecule has 5 aromatic rings. The minimum absolute atomic E-state index is 0.0317. The Kier molecular flexibility index (Phi) is 9.91. The number of carbonyl (C=O) groups is 2. The third-order valence-electron chi connectivity index (χ3n) is 8.70. The maximum atomic E-state index is 12.6. The third kappa shape index (κ3) is 6.99. The second kappa shape index (κ2) is 15.0. The van der Waals surface area contributed by atoms with Crippen LogP contribution in [0.3, 0.4) is 0 Å². The number of anilines is 1. The highest BCUT2D eigenvalue weighted by atomic mass is 16.8. The first-order valence-electron chi connectivity index (χ1n) is 16.7. The van der Waals surface area contributed by atoms with Crippen LogP contribution < -0.4 is 15.4 Å². The molecule has 50 heavy (non-hydrogen) atoms. The average molecular weight is 680 g/mol. The molecule has 3 N–H and O–H groups in total. The molecule has 0 radical (unpaired) electrons. The first-order chi connectivity index (χ1) is 24.5. The molecule has 5 atom stereocenters. The molecule has 3 aromatic heterocycles. The second-order valence-corrected chi connectivity index (χ2v) is 12.0. The molecule has 0 bridgehead atoms. The van der Waals surface area contributed by atoms with Crippen molar-refractivity contribution < 1.29 is 33.6 Å². The van der Waals surface area contributed by atoms with E-state index in [4.69, 9.17) is 18.9 Å². The van der Waals surface area contributed by atoms with Gasteiger partial charge >= 0.3 is 12.0 Å². The van der Waals surface area contributed by atoms with Crippen LogP contribution in [0.5, 0.6) is 5.88 Å². The Balaban J connectivity index is 1.13. The number of carbonyl (C=O) groups excluding carboxylic acids is 1. The molecule has 5 heterocycles. The van der Waals surface area contributed by atoms with Gasteiger partial charge in [-0.05, 0) is 29.7 Å². The number of benzene rings is 2. The van der Waals surface area contributed by atoms with Gasteiger partial charge in [-0.1, -0.05) is 80.8 Å². The van der Waals surface area contributed by atoms with Gasteiger partial charge in [0.2, 0.25) is 5.88 Å². The van der Waals surface area contributed by atoms with Gasteiger partial charge in [-0.15, -0.1) is 0 Å². The molecule has 0 aliphatic carbocycles. The number of nitrogens with one attached hydrogen (secondary N) is 2. The maximum absolute atomic E-state index is 12.6. The highest BCUT2D eigenvalue weighted by Gasteiger charge is 2.54. The maximum Gasteiger partial charge on any atom is 0.341 e. The molecule has 14 nitrogen and oxygen atoms in total. The number of rotatable bonds is 13. The van der Waals surface area contributed by atoms with Crippen LogP contribution in [0.1, 0.15) is 61.0 Å². The molecule has 7 rings (SSSR count). The molecule has 2 saturated heterocycles. The number of pyridine rings is 1. The van der Waals surface area contributed by atoms with Gasteiger partial charge in [-0.2, -0.15) is 0 Å². The van der Waals surface area contributed by atoms with Crippen LogP contribution in [0.15, 0.2) is 85.6 Å². The number of hydrogen-bond donors (Lipinski definition) is 3. The molecule has 2 aromatic carbocycles. The van der Waals surface area contributed by atoms with Gasteiger partial charge < -0.3 is 29.4 Å². The molecular formula is C36H37N7O7. The van der Waals surface area contributed by atoms with E-state index in [9.17, 15) is 14.7 Å². The zero-order valence-electron chi connectivity index (χ0n) is 27.3. The zero-order chi connectivity index (χ0) is 34.5. The summed E-state index contributed by atoms with van der Waals surface area (Å²) in [7, 11) is 0. The van der Waals surface area contributed by atoms with Crippen LogP contribution in [0, 0.1) is 0 Å². The van der Waals surface area contributed by atoms with Gasteiger partial charge in [-0.25, -0.2) is 29.5 Å². The van der Waals surface area contributed by atoms with Crippen molar-refractivity contribution >= 4 is 29.0 Å². The summed E-state index contributed by atoms with van der Waals surface area (Å²) in [6.45, 7) is 2.63. The summed E-state index contributed by atoms with van der Waals surface area (Å²) in [6, 6.07) is 20.6. The fourth-order valence-corrected chi connectivity index (χ4v) is 6.18. The lowest BCUT2D eigenvalue weighted by atomic mass is 10.0. The lowest BCUT2D eigenvalue weighted by Crippen LogP contribution is -2.33. The number of amides is 2. The summed E-state index contributed by atoms with van der Waals surface area (Å²) in [6.07, 6.45) is 5.15. The van der Waals surface area contributed by atoms with E-state index in [1.165, 1.54) is 24.7 Å². The van der Waals surface area contributed by atoms with Crippen molar-refractivity contribution in [2.24, 2.45) is 0 Å². The minimum Gasteiger partial charge on any atom is -0.477 e. The zero-order valence-corrected chi connectivity index (χ0v) is 27.3. The summed E-state index contributed by atoms with van der Waals surface area (Å²) >= 11 is 0. The molecular weight excluding hydrogens is 642 g/mol. The van der Waals surface area contributed by atoms with Gasteiger partial charge in [0, 0.05) is 18.3 Å². The number of urea groups is 1. The molecule has 258 valence electrons. The predicted octanol–water partition coefficient (Wildman–Crippen LogP) is 5.75. The number of unbranched alkanes of at least 4 members (excludes halogenated alkanes) is 3. The number of carboxylic acids is 1. The van der Waals surface area contributed by atoms with E-state index < -0.39 is 36.8 Å². The molecule has 0 saturated carbocycles. The summed E-state index contributed by atoms with van der Waals surface area (Å²) in [5.41, 5.74) is 3.70. The van der Waals surface area contributed by atoms with Crippen molar-refractivity contribution in [1.29, 1.82) is 0 Å². The largest absolute Gasteiger partial charge is 0.477 e. The number of ether oxygens (including phenoxy) is 4. The Morgan fingerprint density at radius 3 is 2.48 bits per heavy atom. The summed E-state index contributed by atoms with van der Waals surface area (Å²) in [4.78, 5) is 41.8. The van der Waals surface area contributed by atoms with E-state index in [0.29, 0.717) is 17.7 Å². The SMILES string of the molecule is CCCCCCNC(=O)Nc1ncnc2c1ncn2C1OC(COc2ncccc2C(=O)O)C2OC(c3ccc(-c4ccccc4)cc3)OC21. The summed E-state index contributed by atoms with van der Waals surface area (Å²) in [5.74, 6) is -0.934. The predicted molar refractivity (Wildman–Crippen MR) is 181 cm³/mol. The third-order valence-corrected chi connectivity index (χ3v) is 8.70. The highest BCUT2D eigenvalue weighted by Crippen LogP contribution is 2.45. The second-order valence-electron chi connectivity index (χ2n) is 12.0. The van der Waals surface area contributed by atoms with E-state index in [1.807, 2.05) is 54.6 Å². The van der Waals surface area contributed by atoms with Gasteiger partial charge in [0.15, 0.2) is 29.5 Å². The lowest BCUT2D eigenvalue weighted by molar-refractivity contribution is -0.152. The average Bonchev–Trinajstić information content (AvgIpc) is 3.86. The first-order valence-corrected chi connectivity index (χ1v) is 16.7. The number of fused-ring (bicyclic) bond motifs is 2. The molecule has 5 unspecified atom stereocenters. The Bertz CT molecular complexity index is 1940. The van der Waals surface area contributed by atoms with E-state index in [0.717, 1.165) is 42.4 Å². The lowest BCUT2D eigenvalue weighted by Gasteiger charge is -2.22. The smallest absolute Gasteiger partial charge is 0.341 e. The van der Waals surface area contributed by atoms with Gasteiger partial charge in [0.05, 0.1) is 6.33 Å². The number of aromatic nitrogens is 5. The molecule has 2 fully saturated rings. The van der Waals surface area contributed by atoms with Gasteiger partial charge in [0.25, 0.3) is 0 Å². The number of hydrogen-bond acceptors (Lipinski definition) is 10. The van der Waals surface area contributed by atoms with E-state index in [2.05, 4.69) is 37.5 Å². The number of imidazole rings is 1. The van der Waals surface area contributed by atoms with Crippen molar-refractivity contribution in [1.82, 2.24) is 29.8 Å². The quantitative estimate of drug-likeness (QED) is 0.129. The van der Waals surface area contributed by atoms with Crippen molar-refractivity contribution in [3.63, 3.8) is 0 Å². The fourth-order valence-electron chi connectivity index (χ4n) is 6.18. The van der Waals surface area contributed by atoms with Crippen LogP contribution in [0.2, 0.25) is 0 Å². The molecule has 2 amide bonds. The van der Waals surface area contributed by atoms with E-state index in [1.54, 1.807) is 10.9 Å². The van der Waals surface area contributed by atoms with Crippen LogP contribution in [0.4, 0.5) is 10.6 Å². The minimum atomic E-state index is -1.16. The summed E-state index contributed by atoms with van der Waals surface area (Å²) in [5, 5.41) is 15.3. The van der Waals surface area contributed by atoms with Crippen molar-refractivity contribution in [2.45, 2.75) is 63.4 Å². The molecule has 0 spiro atoms. The van der Waals surface area contributed by atoms with Gasteiger partial charge in [0.1, 0.15) is 36.8 Å². The summed E-state index contributed by atoms with van der Waals surface area (Å²) < 4.78 is 27.1. The Morgan fingerprint density at radius 1 is 0.880 bits per heavy atom. The standard InChI is InChI=1S/C36H37N7O7/c1-2-3-4-8-17-38-36(46)42-30-27-31(40-20-39-30)43(21-41-27)33-29-28(26(48-33)19-47-32-25(34(44)45)12-9-18-37-32)49-35(50-29)24-15-13-23(14-16-24)22-10-6-5-7-11-22/h5-7,9-16,18,20-21,26,28-29,33,35H,2-4,8,17,19H2,1H3,(H,44,45)(H2,38,39,40,42,46). The Hall–Kier alpha value is -5.44. The van der Waals surface area contributed by atoms with E-state index >= 15 is 0 Å². The molecule has 2 aliphatic heterocycles. The number of aromatic carboxylic acids is 1. The molecule has 14 heteroatoms. The van der Waals surface area contributed by atoms with Crippen LogP contribution in [-0.4, -0.2) is 73.1 Å². The topological polar surface area (TPSA) is 172 Å². The number of nitrogens with zero attached hydrogens (tertiary/aromatic N) is 5. The number of carboxylic acid groups (broad SMARTS) is 1. The van der Waals surface area contributed by atoms with Crippen LogP contribution in [-0.2, 0) is 14.2 Å². The van der Waals surface area contributed by atoms with E-state index in [-0.39, 0.29) is 29.9 Å². The fraction of sp³-hybridized carbons (Fsp3) is 0.333. The van der Waals surface area contributed by atoms with Crippen molar-refractivity contribution in [2.75, 3.05) is 18.5 Å².